The summed E-state index contributed by atoms with van der Waals surface area (Å²) >= 11 is 1.25. The van der Waals surface area contributed by atoms with Crippen molar-refractivity contribution in [3.05, 3.63) is 51.9 Å². The largest absolute Gasteiger partial charge is 0.511 e. The van der Waals surface area contributed by atoms with Gasteiger partial charge in [-0.1, -0.05) is 46.4 Å². The standard InChI is InChI=1S/C25H34N4O3S/c1-14(2)25(8-7-16-12-28-23(27)29-13-16)11-19(30)21(22(31)32-25)33-20-9-15(3)18(26)10-17(20)24(4,5)6/h9-10,12-14,30H,7-8,11,26H2,1-6H3,(H2,27,28,29). The summed E-state index contributed by atoms with van der Waals surface area (Å²) in [6.07, 6.45) is 4.75. The van der Waals surface area contributed by atoms with E-state index >= 15 is 0 Å². The number of aliphatic hydroxyl groups excluding tert-OH is 1. The number of aliphatic hydroxyl groups is 1. The van der Waals surface area contributed by atoms with Crippen LogP contribution in [-0.2, 0) is 21.4 Å². The molecule has 1 aliphatic heterocycles. The molecular weight excluding hydrogens is 436 g/mol. The van der Waals surface area contributed by atoms with Gasteiger partial charge in [0.1, 0.15) is 16.3 Å². The molecule has 0 saturated heterocycles. The quantitative estimate of drug-likeness (QED) is 0.394. The maximum absolute atomic E-state index is 13.2. The number of carbonyl (C=O) groups is 1. The van der Waals surface area contributed by atoms with Crippen LogP contribution in [0.4, 0.5) is 11.6 Å². The molecular formula is C25H34N4O3S. The fraction of sp³-hybridized carbons (Fsp3) is 0.480. The lowest BCUT2D eigenvalue weighted by molar-refractivity contribution is -0.164. The third kappa shape index (κ3) is 5.43. The summed E-state index contributed by atoms with van der Waals surface area (Å²) in [6, 6.07) is 3.93. The second kappa shape index (κ2) is 9.25. The van der Waals surface area contributed by atoms with Gasteiger partial charge in [0, 0.05) is 29.4 Å². The molecule has 0 amide bonds. The zero-order valence-corrected chi connectivity index (χ0v) is 21.0. The molecule has 0 fully saturated rings. The lowest BCUT2D eigenvalue weighted by atomic mass is 9.80. The van der Waals surface area contributed by atoms with Crippen LogP contribution >= 0.6 is 11.8 Å². The Hall–Kier alpha value is -2.74. The van der Waals surface area contributed by atoms with Gasteiger partial charge >= 0.3 is 5.97 Å². The fourth-order valence-electron chi connectivity index (χ4n) is 3.93. The van der Waals surface area contributed by atoms with E-state index < -0.39 is 11.6 Å². The second-order valence-electron chi connectivity index (χ2n) is 10.1. The molecule has 1 aliphatic rings. The first-order chi connectivity index (χ1) is 15.3. The lowest BCUT2D eigenvalue weighted by Gasteiger charge is -2.40. The van der Waals surface area contributed by atoms with Gasteiger partial charge in [0.25, 0.3) is 0 Å². The highest BCUT2D eigenvalue weighted by Gasteiger charge is 2.44. The van der Waals surface area contributed by atoms with Crippen LogP contribution in [0.1, 0.15) is 64.2 Å². The number of hydrogen-bond acceptors (Lipinski definition) is 8. The van der Waals surface area contributed by atoms with Gasteiger partial charge in [0.15, 0.2) is 0 Å². The maximum Gasteiger partial charge on any atom is 0.349 e. The Kier molecular flexibility index (Phi) is 6.98. The molecule has 1 aromatic carbocycles. The number of aromatic nitrogens is 2. The minimum absolute atomic E-state index is 0.00811. The molecule has 8 heteroatoms. The Balaban J connectivity index is 1.90. The van der Waals surface area contributed by atoms with Gasteiger partial charge in [-0.2, -0.15) is 0 Å². The monoisotopic (exact) mass is 470 g/mol. The second-order valence-corrected chi connectivity index (χ2v) is 11.1. The highest BCUT2D eigenvalue weighted by atomic mass is 32.2. The number of rotatable bonds is 6. The summed E-state index contributed by atoms with van der Waals surface area (Å²) in [6.45, 7) is 12.2. The van der Waals surface area contributed by atoms with E-state index in [0.717, 1.165) is 21.6 Å². The Morgan fingerprint density at radius 1 is 1.21 bits per heavy atom. The number of aryl methyl sites for hydroxylation is 2. The summed E-state index contributed by atoms with van der Waals surface area (Å²) in [4.78, 5) is 22.4. The summed E-state index contributed by atoms with van der Waals surface area (Å²) in [5.41, 5.74) is 14.3. The van der Waals surface area contributed by atoms with Crippen LogP contribution < -0.4 is 11.5 Å². The Labute approximate surface area is 200 Å². The van der Waals surface area contributed by atoms with Gasteiger partial charge in [0.05, 0.1) is 0 Å². The molecule has 33 heavy (non-hydrogen) atoms. The van der Waals surface area contributed by atoms with Crippen molar-refractivity contribution in [1.29, 1.82) is 0 Å². The van der Waals surface area contributed by atoms with Gasteiger partial charge < -0.3 is 21.3 Å². The number of anilines is 2. The third-order valence-corrected chi connectivity index (χ3v) is 7.38. The molecule has 0 saturated carbocycles. The molecule has 1 unspecified atom stereocenters. The van der Waals surface area contributed by atoms with Crippen LogP contribution in [-0.4, -0.2) is 26.6 Å². The van der Waals surface area contributed by atoms with Crippen molar-refractivity contribution >= 4 is 29.4 Å². The third-order valence-electron chi connectivity index (χ3n) is 6.21. The first kappa shape index (κ1) is 24.9. The molecule has 2 heterocycles. The summed E-state index contributed by atoms with van der Waals surface area (Å²) in [5.74, 6) is -0.210. The maximum atomic E-state index is 13.2. The van der Waals surface area contributed by atoms with Crippen molar-refractivity contribution < 1.29 is 14.6 Å². The first-order valence-electron chi connectivity index (χ1n) is 11.1. The van der Waals surface area contributed by atoms with Crippen LogP contribution in [0.5, 0.6) is 0 Å². The highest BCUT2D eigenvalue weighted by Crippen LogP contribution is 2.45. The van der Waals surface area contributed by atoms with Gasteiger partial charge in [0.2, 0.25) is 5.95 Å². The predicted octanol–water partition coefficient (Wildman–Crippen LogP) is 5.08. The zero-order valence-electron chi connectivity index (χ0n) is 20.2. The number of esters is 1. The average molecular weight is 471 g/mol. The number of benzene rings is 1. The van der Waals surface area contributed by atoms with Crippen molar-refractivity contribution in [3.63, 3.8) is 0 Å². The average Bonchev–Trinajstić information content (AvgIpc) is 2.71. The number of nitrogens with zero attached hydrogens (tertiary/aromatic N) is 2. The topological polar surface area (TPSA) is 124 Å². The van der Waals surface area contributed by atoms with Crippen molar-refractivity contribution in [3.8, 4) is 0 Å². The van der Waals surface area contributed by atoms with Gasteiger partial charge in [-0.25, -0.2) is 14.8 Å². The highest BCUT2D eigenvalue weighted by molar-refractivity contribution is 8.04. The van der Waals surface area contributed by atoms with E-state index in [1.165, 1.54) is 11.8 Å². The molecule has 1 aromatic heterocycles. The van der Waals surface area contributed by atoms with E-state index in [1.54, 1.807) is 12.4 Å². The number of thioether (sulfide) groups is 1. The summed E-state index contributed by atoms with van der Waals surface area (Å²) in [5, 5.41) is 11.0. The summed E-state index contributed by atoms with van der Waals surface area (Å²) < 4.78 is 6.05. The zero-order chi connectivity index (χ0) is 24.6. The number of carbonyl (C=O) groups excluding carboxylic acids is 1. The van der Waals surface area contributed by atoms with E-state index in [9.17, 15) is 9.90 Å². The number of nitrogens with two attached hydrogens (primary N) is 2. The minimum Gasteiger partial charge on any atom is -0.511 e. The molecule has 3 rings (SSSR count). The fourth-order valence-corrected chi connectivity index (χ4v) is 5.17. The van der Waals surface area contributed by atoms with Crippen LogP contribution in [0, 0.1) is 12.8 Å². The van der Waals surface area contributed by atoms with Crippen molar-refractivity contribution in [2.45, 2.75) is 76.7 Å². The molecule has 5 N–H and O–H groups in total. The summed E-state index contributed by atoms with van der Waals surface area (Å²) in [7, 11) is 0. The normalized spacial score (nSPS) is 19.2. The molecule has 1 atom stereocenters. The van der Waals surface area contributed by atoms with Gasteiger partial charge in [-0.05, 0) is 59.9 Å². The Morgan fingerprint density at radius 2 is 1.85 bits per heavy atom. The Morgan fingerprint density at radius 3 is 2.39 bits per heavy atom. The lowest BCUT2D eigenvalue weighted by Crippen LogP contribution is -2.44. The van der Waals surface area contributed by atoms with Gasteiger partial charge in [-0.3, -0.25) is 0 Å². The van der Waals surface area contributed by atoms with Crippen molar-refractivity contribution in [2.75, 3.05) is 11.5 Å². The smallest absolute Gasteiger partial charge is 0.349 e. The van der Waals surface area contributed by atoms with Crippen LogP contribution in [0.2, 0.25) is 0 Å². The number of cyclic esters (lactones) is 1. The van der Waals surface area contributed by atoms with Crippen molar-refractivity contribution in [1.82, 2.24) is 9.97 Å². The number of hydrogen-bond donors (Lipinski definition) is 3. The van der Waals surface area contributed by atoms with E-state index in [4.69, 9.17) is 16.2 Å². The molecule has 0 aliphatic carbocycles. The molecule has 0 spiro atoms. The number of ether oxygens (including phenoxy) is 1. The number of nitrogen functional groups attached to an aromatic ring is 2. The molecule has 2 aromatic rings. The van der Waals surface area contributed by atoms with E-state index in [2.05, 4.69) is 30.7 Å². The molecule has 7 nitrogen and oxygen atoms in total. The van der Waals surface area contributed by atoms with E-state index in [0.29, 0.717) is 18.5 Å². The van der Waals surface area contributed by atoms with Crippen LogP contribution in [0.15, 0.2) is 40.1 Å². The van der Waals surface area contributed by atoms with Gasteiger partial charge in [-0.15, -0.1) is 0 Å². The van der Waals surface area contributed by atoms with Crippen LogP contribution in [0.25, 0.3) is 0 Å². The SMILES string of the molecule is Cc1cc(SC2=C(O)CC(CCc3cnc(N)nc3)(C(C)C)OC2=O)c(C(C)(C)C)cc1N. The predicted molar refractivity (Wildman–Crippen MR) is 133 cm³/mol. The molecule has 0 radical (unpaired) electrons. The van der Waals surface area contributed by atoms with E-state index in [-0.39, 0.29) is 34.4 Å². The molecule has 0 bridgehead atoms. The van der Waals surface area contributed by atoms with E-state index in [1.807, 2.05) is 32.9 Å². The van der Waals surface area contributed by atoms with Crippen molar-refractivity contribution in [2.24, 2.45) is 5.92 Å². The minimum atomic E-state index is -0.809. The first-order valence-corrected chi connectivity index (χ1v) is 11.9. The molecule has 178 valence electrons. The van der Waals surface area contributed by atoms with Crippen LogP contribution in [0.3, 0.4) is 0 Å². The Bertz CT molecular complexity index is 1070.